The lowest BCUT2D eigenvalue weighted by Crippen LogP contribution is -2.35. The number of hydrogen-bond acceptors (Lipinski definition) is 7. The van der Waals surface area contributed by atoms with Gasteiger partial charge in [-0.15, -0.1) is 0 Å². The maximum absolute atomic E-state index is 13.1. The van der Waals surface area contributed by atoms with E-state index in [0.29, 0.717) is 49.7 Å². The Labute approximate surface area is 243 Å². The number of aromatic nitrogens is 2. The average molecular weight is 581 g/mol. The zero-order valence-electron chi connectivity index (χ0n) is 23.0. The molecule has 7 rings (SSSR count). The molecule has 42 heavy (non-hydrogen) atoms. The number of fused-ring (bicyclic) bond motifs is 3. The van der Waals surface area contributed by atoms with Gasteiger partial charge in [0.05, 0.1) is 11.6 Å². The summed E-state index contributed by atoms with van der Waals surface area (Å²) in [5.41, 5.74) is 5.31. The maximum atomic E-state index is 13.1. The fourth-order valence-electron chi connectivity index (χ4n) is 6.26. The number of sulfone groups is 1. The Kier molecular flexibility index (Phi) is 6.12. The van der Waals surface area contributed by atoms with Gasteiger partial charge < -0.3 is 15.0 Å². The molecule has 1 N–H and O–H groups in total. The van der Waals surface area contributed by atoms with Crippen LogP contribution in [0.15, 0.2) is 78.1 Å². The standard InChI is InChI=1S/C32H28N4O5S/c1-42(39,40)28-11-10-25(18-34-28)41-27-15-21(7-9-23(27)19-36-13-3-5-29(36)37)20-6-8-22-16-32(17-24(22)14-20)26-4-2-12-33-30(26)35-31(32)38/h2,4,6-12,14-15,18H,3,5,13,16-17,19H2,1H3,(H,33,35,38). The van der Waals surface area contributed by atoms with E-state index in [-0.39, 0.29) is 16.8 Å². The highest BCUT2D eigenvalue weighted by Crippen LogP contribution is 2.47. The first-order valence-electron chi connectivity index (χ1n) is 13.8. The monoisotopic (exact) mass is 580 g/mol. The van der Waals surface area contributed by atoms with E-state index in [2.05, 4.69) is 33.5 Å². The summed E-state index contributed by atoms with van der Waals surface area (Å²) in [6.45, 7) is 1.11. The zero-order valence-corrected chi connectivity index (χ0v) is 23.8. The largest absolute Gasteiger partial charge is 0.455 e. The van der Waals surface area contributed by atoms with Crippen LogP contribution in [0.3, 0.4) is 0 Å². The molecule has 2 aromatic carbocycles. The van der Waals surface area contributed by atoms with Crippen LogP contribution in [0, 0.1) is 0 Å². The molecule has 1 fully saturated rings. The summed E-state index contributed by atoms with van der Waals surface area (Å²) in [4.78, 5) is 35.7. The number of nitrogens with zero attached hydrogens (tertiary/aromatic N) is 3. The third kappa shape index (κ3) is 4.52. The number of hydrogen-bond donors (Lipinski definition) is 1. The van der Waals surface area contributed by atoms with E-state index in [1.807, 2.05) is 35.2 Å². The number of rotatable bonds is 6. The summed E-state index contributed by atoms with van der Waals surface area (Å²) in [6.07, 6.45) is 6.79. The van der Waals surface area contributed by atoms with Crippen molar-refractivity contribution in [3.8, 4) is 22.6 Å². The van der Waals surface area contributed by atoms with Gasteiger partial charge in [0.25, 0.3) is 0 Å². The number of carbonyl (C=O) groups is 2. The minimum absolute atomic E-state index is 0.0130. The van der Waals surface area contributed by atoms with Gasteiger partial charge in [-0.3, -0.25) is 9.59 Å². The summed E-state index contributed by atoms with van der Waals surface area (Å²) in [5, 5.41) is 2.93. The third-order valence-electron chi connectivity index (χ3n) is 8.43. The number of anilines is 1. The summed E-state index contributed by atoms with van der Waals surface area (Å²) >= 11 is 0. The second-order valence-electron chi connectivity index (χ2n) is 11.2. The Hall–Kier alpha value is -4.57. The van der Waals surface area contributed by atoms with Crippen molar-refractivity contribution in [1.29, 1.82) is 0 Å². The summed E-state index contributed by atoms with van der Waals surface area (Å²) in [6, 6.07) is 19.1. The van der Waals surface area contributed by atoms with Crippen molar-refractivity contribution in [2.75, 3.05) is 18.1 Å². The molecular formula is C32H28N4O5S. The van der Waals surface area contributed by atoms with Crippen LogP contribution in [-0.2, 0) is 44.2 Å². The van der Waals surface area contributed by atoms with Crippen molar-refractivity contribution in [2.24, 2.45) is 0 Å². The quantitative estimate of drug-likeness (QED) is 0.358. The lowest BCUT2D eigenvalue weighted by molar-refractivity contribution is -0.128. The Bertz CT molecular complexity index is 1870. The molecule has 0 bridgehead atoms. The highest BCUT2D eigenvalue weighted by atomic mass is 32.2. The molecule has 0 radical (unpaired) electrons. The fraction of sp³-hybridized carbons (Fsp3) is 0.250. The summed E-state index contributed by atoms with van der Waals surface area (Å²) in [5.74, 6) is 1.70. The van der Waals surface area contributed by atoms with Gasteiger partial charge in [-0.05, 0) is 65.8 Å². The molecule has 2 amide bonds. The van der Waals surface area contributed by atoms with Crippen molar-refractivity contribution in [2.45, 2.75) is 42.7 Å². The average Bonchev–Trinajstić information content (AvgIpc) is 3.64. The normalized spacial score (nSPS) is 19.2. The van der Waals surface area contributed by atoms with Crippen LogP contribution in [0.2, 0.25) is 0 Å². The molecular weight excluding hydrogens is 552 g/mol. The molecule has 1 atom stereocenters. The van der Waals surface area contributed by atoms with Crippen LogP contribution < -0.4 is 10.1 Å². The van der Waals surface area contributed by atoms with Crippen molar-refractivity contribution in [3.63, 3.8) is 0 Å². The Morgan fingerprint density at radius 2 is 1.79 bits per heavy atom. The molecule has 1 unspecified atom stereocenters. The first-order chi connectivity index (χ1) is 20.2. The Morgan fingerprint density at radius 3 is 2.55 bits per heavy atom. The number of likely N-dealkylation sites (tertiary alicyclic amines) is 1. The maximum Gasteiger partial charge on any atom is 0.237 e. The molecule has 4 heterocycles. The van der Waals surface area contributed by atoms with Gasteiger partial charge in [-0.2, -0.15) is 0 Å². The Morgan fingerprint density at radius 1 is 0.976 bits per heavy atom. The molecule has 1 spiro atoms. The first kappa shape index (κ1) is 26.3. The number of nitrogens with one attached hydrogen (secondary N) is 1. The van der Waals surface area contributed by atoms with Gasteiger partial charge >= 0.3 is 0 Å². The molecule has 4 aromatic rings. The van der Waals surface area contributed by atoms with E-state index in [4.69, 9.17) is 4.74 Å². The van der Waals surface area contributed by atoms with Gasteiger partial charge in [0.1, 0.15) is 17.3 Å². The van der Waals surface area contributed by atoms with E-state index < -0.39 is 15.3 Å². The zero-order chi connectivity index (χ0) is 29.1. The minimum Gasteiger partial charge on any atom is -0.455 e. The number of benzene rings is 2. The molecule has 2 aromatic heterocycles. The second-order valence-corrected chi connectivity index (χ2v) is 13.2. The van der Waals surface area contributed by atoms with Crippen molar-refractivity contribution < 1.29 is 22.7 Å². The van der Waals surface area contributed by atoms with Crippen LogP contribution in [0.25, 0.3) is 11.1 Å². The predicted molar refractivity (Wildman–Crippen MR) is 156 cm³/mol. The molecule has 1 aliphatic carbocycles. The predicted octanol–water partition coefficient (Wildman–Crippen LogP) is 4.45. The van der Waals surface area contributed by atoms with Crippen LogP contribution in [0.1, 0.15) is 35.1 Å². The summed E-state index contributed by atoms with van der Waals surface area (Å²) < 4.78 is 30.0. The van der Waals surface area contributed by atoms with Crippen LogP contribution in [-0.4, -0.2) is 47.9 Å². The highest BCUT2D eigenvalue weighted by Gasteiger charge is 2.51. The smallest absolute Gasteiger partial charge is 0.237 e. The van der Waals surface area contributed by atoms with Crippen LogP contribution in [0.5, 0.6) is 11.5 Å². The van der Waals surface area contributed by atoms with E-state index >= 15 is 0 Å². The second kappa shape index (κ2) is 9.77. The minimum atomic E-state index is -3.44. The lowest BCUT2D eigenvalue weighted by Gasteiger charge is -2.20. The molecule has 10 heteroatoms. The SMILES string of the molecule is CS(=O)(=O)c1ccc(Oc2cc(-c3ccc4c(c3)CC3(C4)C(=O)Nc4ncccc43)ccc2CN2CCCC2=O)cn1. The number of carbonyl (C=O) groups excluding carboxylic acids is 2. The van der Waals surface area contributed by atoms with Crippen LogP contribution in [0.4, 0.5) is 5.82 Å². The molecule has 0 saturated carbocycles. The van der Waals surface area contributed by atoms with E-state index in [9.17, 15) is 18.0 Å². The van der Waals surface area contributed by atoms with E-state index in [1.54, 1.807) is 12.3 Å². The third-order valence-corrected chi connectivity index (χ3v) is 9.43. The van der Waals surface area contributed by atoms with Gasteiger partial charge in [0.15, 0.2) is 14.9 Å². The van der Waals surface area contributed by atoms with Gasteiger partial charge in [-0.25, -0.2) is 18.4 Å². The van der Waals surface area contributed by atoms with Gasteiger partial charge in [-0.1, -0.05) is 36.4 Å². The number of ether oxygens (including phenoxy) is 1. The highest BCUT2D eigenvalue weighted by molar-refractivity contribution is 7.90. The molecule has 1 saturated heterocycles. The molecule has 3 aliphatic rings. The van der Waals surface area contributed by atoms with Crippen molar-refractivity contribution in [1.82, 2.24) is 14.9 Å². The lowest BCUT2D eigenvalue weighted by atomic mass is 9.79. The number of amides is 2. The fourth-order valence-corrected chi connectivity index (χ4v) is 6.82. The Balaban J connectivity index is 1.22. The first-order valence-corrected chi connectivity index (χ1v) is 15.7. The molecule has 2 aliphatic heterocycles. The van der Waals surface area contributed by atoms with E-state index in [0.717, 1.165) is 46.1 Å². The van der Waals surface area contributed by atoms with Crippen molar-refractivity contribution in [3.05, 3.63) is 95.3 Å². The molecule has 212 valence electrons. The van der Waals surface area contributed by atoms with Crippen molar-refractivity contribution >= 4 is 27.5 Å². The van der Waals surface area contributed by atoms with Crippen LogP contribution >= 0.6 is 0 Å². The summed E-state index contributed by atoms with van der Waals surface area (Å²) in [7, 11) is -3.44. The van der Waals surface area contributed by atoms with Gasteiger partial charge in [0.2, 0.25) is 11.8 Å². The van der Waals surface area contributed by atoms with E-state index in [1.165, 1.54) is 12.3 Å². The number of pyridine rings is 2. The molecule has 9 nitrogen and oxygen atoms in total. The topological polar surface area (TPSA) is 119 Å². The van der Waals surface area contributed by atoms with Gasteiger partial charge in [0, 0.05) is 43.1 Å².